The number of benzene rings is 9. The fraction of sp³-hybridized carbons (Fsp3) is 0. The Balaban J connectivity index is 1.16. The number of hydrogen-bond donors (Lipinski definition) is 0. The van der Waals surface area contributed by atoms with Crippen LogP contribution in [0.3, 0.4) is 0 Å². The zero-order valence-corrected chi connectivity index (χ0v) is 30.2. The average molecular weight is 704 g/mol. The Kier molecular flexibility index (Phi) is 8.16. The van der Waals surface area contributed by atoms with Crippen LogP contribution in [0.4, 0.5) is 34.1 Å². The molecular formula is C52H37N3. The first-order valence-corrected chi connectivity index (χ1v) is 18.8. The maximum absolute atomic E-state index is 2.46. The van der Waals surface area contributed by atoms with Gasteiger partial charge in [-0.05, 0) is 113 Å². The smallest absolute Gasteiger partial charge is 0.0625 e. The first-order chi connectivity index (χ1) is 27.3. The molecule has 0 saturated carbocycles. The number of anilines is 6. The topological polar surface area (TPSA) is 11.4 Å². The molecule has 0 amide bonds. The van der Waals surface area contributed by atoms with Gasteiger partial charge < -0.3 is 14.4 Å². The third kappa shape index (κ3) is 5.80. The zero-order chi connectivity index (χ0) is 36.6. The second kappa shape index (κ2) is 13.9. The maximum Gasteiger partial charge on any atom is 0.0625 e. The van der Waals surface area contributed by atoms with Crippen molar-refractivity contribution in [1.82, 2.24) is 4.57 Å². The predicted octanol–water partition coefficient (Wildman–Crippen LogP) is 14.5. The molecule has 3 heteroatoms. The lowest BCUT2D eigenvalue weighted by atomic mass is 9.94. The fourth-order valence-electron chi connectivity index (χ4n) is 8.08. The number of aromatic nitrogens is 1. The van der Waals surface area contributed by atoms with Gasteiger partial charge in [0, 0.05) is 56.1 Å². The molecule has 1 heterocycles. The van der Waals surface area contributed by atoms with Crippen molar-refractivity contribution in [2.24, 2.45) is 0 Å². The highest BCUT2D eigenvalue weighted by atomic mass is 15.1. The lowest BCUT2D eigenvalue weighted by molar-refractivity contribution is 1.17. The minimum Gasteiger partial charge on any atom is -0.311 e. The van der Waals surface area contributed by atoms with Gasteiger partial charge in [-0.2, -0.15) is 0 Å². The lowest BCUT2D eigenvalue weighted by Gasteiger charge is -2.26. The summed E-state index contributed by atoms with van der Waals surface area (Å²) in [6.07, 6.45) is 0. The number of fused-ring (bicyclic) bond motifs is 4. The lowest BCUT2D eigenvalue weighted by Crippen LogP contribution is -2.09. The molecule has 0 aliphatic rings. The van der Waals surface area contributed by atoms with E-state index in [2.05, 4.69) is 239 Å². The van der Waals surface area contributed by atoms with Gasteiger partial charge >= 0.3 is 0 Å². The molecule has 0 saturated heterocycles. The van der Waals surface area contributed by atoms with Crippen LogP contribution < -0.4 is 9.80 Å². The Morgan fingerprint density at radius 3 is 1.22 bits per heavy atom. The van der Waals surface area contributed by atoms with Gasteiger partial charge in [0.15, 0.2) is 0 Å². The fourth-order valence-corrected chi connectivity index (χ4v) is 8.08. The van der Waals surface area contributed by atoms with Crippen LogP contribution in [0.25, 0.3) is 49.4 Å². The van der Waals surface area contributed by atoms with Crippen LogP contribution >= 0.6 is 0 Å². The summed E-state index contributed by atoms with van der Waals surface area (Å²) >= 11 is 0. The normalized spacial score (nSPS) is 11.3. The first kappa shape index (κ1) is 32.3. The molecule has 0 aliphatic carbocycles. The van der Waals surface area contributed by atoms with Crippen LogP contribution in [-0.4, -0.2) is 4.57 Å². The average Bonchev–Trinajstić information content (AvgIpc) is 3.59. The van der Waals surface area contributed by atoms with Gasteiger partial charge in [0.1, 0.15) is 0 Å². The SMILES string of the molecule is c1ccc(N(c2ccccc2)c2ccc(-c3c4ccccc4cc4c5ccccc5n(-c5ccc(N(c6ccccc6)c6ccccc6)cc5)c34)cc2)cc1. The summed E-state index contributed by atoms with van der Waals surface area (Å²) in [6, 6.07) is 80.4. The van der Waals surface area contributed by atoms with E-state index in [1.807, 2.05) is 0 Å². The van der Waals surface area contributed by atoms with Crippen molar-refractivity contribution in [2.45, 2.75) is 0 Å². The summed E-state index contributed by atoms with van der Waals surface area (Å²) in [5, 5.41) is 4.93. The summed E-state index contributed by atoms with van der Waals surface area (Å²) < 4.78 is 2.46. The van der Waals surface area contributed by atoms with Gasteiger partial charge in [-0.1, -0.05) is 127 Å². The van der Waals surface area contributed by atoms with Crippen LogP contribution in [-0.2, 0) is 0 Å². The summed E-state index contributed by atoms with van der Waals surface area (Å²) in [4.78, 5) is 4.62. The van der Waals surface area contributed by atoms with E-state index in [-0.39, 0.29) is 0 Å². The molecule has 10 aromatic rings. The Morgan fingerprint density at radius 2 is 0.709 bits per heavy atom. The van der Waals surface area contributed by atoms with E-state index in [9.17, 15) is 0 Å². The van der Waals surface area contributed by atoms with Crippen LogP contribution in [0.2, 0.25) is 0 Å². The molecule has 260 valence electrons. The molecule has 55 heavy (non-hydrogen) atoms. The van der Waals surface area contributed by atoms with E-state index in [0.717, 1.165) is 39.8 Å². The zero-order valence-electron chi connectivity index (χ0n) is 30.2. The van der Waals surface area contributed by atoms with Crippen molar-refractivity contribution in [2.75, 3.05) is 9.80 Å². The van der Waals surface area contributed by atoms with Gasteiger partial charge in [0.2, 0.25) is 0 Å². The van der Waals surface area contributed by atoms with E-state index in [0.29, 0.717) is 0 Å². The van der Waals surface area contributed by atoms with E-state index >= 15 is 0 Å². The monoisotopic (exact) mass is 703 g/mol. The molecule has 0 aliphatic heterocycles. The third-order valence-corrected chi connectivity index (χ3v) is 10.5. The van der Waals surface area contributed by atoms with Crippen LogP contribution in [0, 0.1) is 0 Å². The summed E-state index contributed by atoms with van der Waals surface area (Å²) in [7, 11) is 0. The second-order valence-electron chi connectivity index (χ2n) is 13.8. The number of nitrogens with zero attached hydrogens (tertiary/aromatic N) is 3. The number of hydrogen-bond acceptors (Lipinski definition) is 2. The molecular weight excluding hydrogens is 667 g/mol. The van der Waals surface area contributed by atoms with Gasteiger partial charge in [-0.3, -0.25) is 0 Å². The minimum atomic E-state index is 1.10. The Bertz CT molecular complexity index is 2800. The molecule has 10 rings (SSSR count). The molecule has 3 nitrogen and oxygen atoms in total. The van der Waals surface area contributed by atoms with Crippen LogP contribution in [0.1, 0.15) is 0 Å². The van der Waals surface area contributed by atoms with E-state index < -0.39 is 0 Å². The van der Waals surface area contributed by atoms with Crippen LogP contribution in [0.5, 0.6) is 0 Å². The van der Waals surface area contributed by atoms with Crippen molar-refractivity contribution in [1.29, 1.82) is 0 Å². The Labute approximate surface area is 321 Å². The molecule has 0 bridgehead atoms. The van der Waals surface area contributed by atoms with Gasteiger partial charge in [0.25, 0.3) is 0 Å². The standard InChI is InChI=1S/C52H37N3/c1-5-18-40(19-6-1)53(41-20-7-2-8-21-41)44-31-29-38(30-32-44)51-47-26-14-13-17-39(47)37-49-48-27-15-16-28-50(48)55(52(49)51)46-35-33-45(34-36-46)54(42-22-9-3-10-23-42)43-24-11-4-12-25-43/h1-37H. The van der Waals surface area contributed by atoms with E-state index in [1.54, 1.807) is 0 Å². The van der Waals surface area contributed by atoms with Crippen LogP contribution in [0.15, 0.2) is 224 Å². The number of rotatable bonds is 8. The van der Waals surface area contributed by atoms with Crippen molar-refractivity contribution < 1.29 is 0 Å². The van der Waals surface area contributed by atoms with Crippen molar-refractivity contribution in [3.63, 3.8) is 0 Å². The quantitative estimate of drug-likeness (QED) is 0.156. The molecule has 0 unspecified atom stereocenters. The summed E-state index contributed by atoms with van der Waals surface area (Å²) in [5.74, 6) is 0. The van der Waals surface area contributed by atoms with Crippen molar-refractivity contribution in [3.05, 3.63) is 224 Å². The van der Waals surface area contributed by atoms with Gasteiger partial charge in [-0.15, -0.1) is 0 Å². The highest BCUT2D eigenvalue weighted by molar-refractivity contribution is 6.21. The second-order valence-corrected chi connectivity index (χ2v) is 13.8. The summed E-state index contributed by atoms with van der Waals surface area (Å²) in [5.41, 5.74) is 12.6. The van der Waals surface area contributed by atoms with E-state index in [4.69, 9.17) is 0 Å². The molecule has 0 N–H and O–H groups in total. The first-order valence-electron chi connectivity index (χ1n) is 18.8. The Morgan fingerprint density at radius 1 is 0.309 bits per heavy atom. The Hall–Kier alpha value is -7.36. The van der Waals surface area contributed by atoms with Gasteiger partial charge in [-0.25, -0.2) is 0 Å². The molecule has 0 atom stereocenters. The molecule has 0 spiro atoms. The maximum atomic E-state index is 2.46. The summed E-state index contributed by atoms with van der Waals surface area (Å²) in [6.45, 7) is 0. The number of para-hydroxylation sites is 5. The molecule has 0 radical (unpaired) electrons. The molecule has 9 aromatic carbocycles. The highest BCUT2D eigenvalue weighted by Crippen LogP contribution is 2.44. The largest absolute Gasteiger partial charge is 0.311 e. The molecule has 0 fully saturated rings. The molecule has 1 aromatic heterocycles. The minimum absolute atomic E-state index is 1.10. The predicted molar refractivity (Wildman–Crippen MR) is 233 cm³/mol. The van der Waals surface area contributed by atoms with Crippen molar-refractivity contribution >= 4 is 66.7 Å². The third-order valence-electron chi connectivity index (χ3n) is 10.5. The van der Waals surface area contributed by atoms with Gasteiger partial charge in [0.05, 0.1) is 11.0 Å². The van der Waals surface area contributed by atoms with Crippen molar-refractivity contribution in [3.8, 4) is 16.8 Å². The van der Waals surface area contributed by atoms with E-state index in [1.165, 1.54) is 43.7 Å². The highest BCUT2D eigenvalue weighted by Gasteiger charge is 2.21.